The summed E-state index contributed by atoms with van der Waals surface area (Å²) in [5.41, 5.74) is -0.0632. The molecular formula is C23H30FN5O3. The molecule has 0 bridgehead atoms. The van der Waals surface area contributed by atoms with Crippen molar-refractivity contribution in [2.75, 3.05) is 19.6 Å². The predicted molar refractivity (Wildman–Crippen MR) is 117 cm³/mol. The van der Waals surface area contributed by atoms with Gasteiger partial charge in [-0.25, -0.2) is 9.37 Å². The molecule has 1 aliphatic heterocycles. The number of carbonyl (C=O) groups is 3. The summed E-state index contributed by atoms with van der Waals surface area (Å²) >= 11 is 0. The van der Waals surface area contributed by atoms with Crippen molar-refractivity contribution in [1.29, 1.82) is 0 Å². The van der Waals surface area contributed by atoms with Gasteiger partial charge < -0.3 is 19.7 Å². The molecule has 1 aromatic carbocycles. The summed E-state index contributed by atoms with van der Waals surface area (Å²) in [5.74, 6) is -1.34. The van der Waals surface area contributed by atoms with E-state index in [-0.39, 0.29) is 48.0 Å². The van der Waals surface area contributed by atoms with E-state index in [1.54, 1.807) is 28.5 Å². The van der Waals surface area contributed by atoms with Gasteiger partial charge in [-0.15, -0.1) is 0 Å². The number of hydrogen-bond acceptors (Lipinski definition) is 4. The molecule has 1 N–H and O–H groups in total. The number of benzene rings is 1. The first-order chi connectivity index (χ1) is 15.3. The summed E-state index contributed by atoms with van der Waals surface area (Å²) in [4.78, 5) is 47.0. The van der Waals surface area contributed by atoms with Crippen molar-refractivity contribution in [3.63, 3.8) is 0 Å². The number of carbonyl (C=O) groups excluding carboxylic acids is 3. The molecule has 172 valence electrons. The number of rotatable bonds is 8. The Morgan fingerprint density at radius 2 is 1.84 bits per heavy atom. The largest absolute Gasteiger partial charge is 0.350 e. The maximum Gasteiger partial charge on any atom is 0.274 e. The molecule has 2 aromatic rings. The maximum absolute atomic E-state index is 13.5. The predicted octanol–water partition coefficient (Wildman–Crippen LogP) is 2.45. The first kappa shape index (κ1) is 23.4. The first-order valence-corrected chi connectivity index (χ1v) is 11.0. The van der Waals surface area contributed by atoms with Gasteiger partial charge in [0, 0.05) is 26.2 Å². The third kappa shape index (κ3) is 4.24. The molecule has 1 atom stereocenters. The Morgan fingerprint density at radius 1 is 1.19 bits per heavy atom. The van der Waals surface area contributed by atoms with Crippen LogP contribution in [0.25, 0.3) is 0 Å². The number of imidazole rings is 1. The Balaban J connectivity index is 1.89. The fourth-order valence-corrected chi connectivity index (χ4v) is 4.05. The van der Waals surface area contributed by atoms with Crippen LogP contribution in [0.15, 0.2) is 30.6 Å². The van der Waals surface area contributed by atoms with Crippen LogP contribution in [-0.4, -0.2) is 62.2 Å². The maximum atomic E-state index is 13.5. The van der Waals surface area contributed by atoms with Crippen LogP contribution in [0.4, 0.5) is 4.39 Å². The Morgan fingerprint density at radius 3 is 2.44 bits per heavy atom. The van der Waals surface area contributed by atoms with Crippen LogP contribution in [-0.2, 0) is 17.9 Å². The molecule has 1 unspecified atom stereocenters. The number of fused-ring (bicyclic) bond motifs is 1. The SMILES string of the molecule is CCCN1C(=O)c2c(C(=O)N(CC)CC)ncn2CC1(C)C(=O)NCc1ccc(F)cc1. The molecule has 0 saturated carbocycles. The summed E-state index contributed by atoms with van der Waals surface area (Å²) in [6.07, 6.45) is 2.11. The van der Waals surface area contributed by atoms with Crippen molar-refractivity contribution in [2.24, 2.45) is 0 Å². The van der Waals surface area contributed by atoms with Crippen LogP contribution in [0.1, 0.15) is 60.7 Å². The second-order valence-electron chi connectivity index (χ2n) is 8.09. The Bertz CT molecular complexity index is 1000. The van der Waals surface area contributed by atoms with Crippen molar-refractivity contribution in [1.82, 2.24) is 24.7 Å². The molecule has 1 aromatic heterocycles. The topological polar surface area (TPSA) is 87.5 Å². The summed E-state index contributed by atoms with van der Waals surface area (Å²) in [5, 5.41) is 2.87. The highest BCUT2D eigenvalue weighted by Crippen LogP contribution is 2.29. The monoisotopic (exact) mass is 443 g/mol. The first-order valence-electron chi connectivity index (χ1n) is 11.0. The molecule has 3 amide bonds. The Hall–Kier alpha value is -3.23. The molecule has 0 spiro atoms. The fourth-order valence-electron chi connectivity index (χ4n) is 4.05. The van der Waals surface area contributed by atoms with Crippen LogP contribution in [0, 0.1) is 5.82 Å². The Kier molecular flexibility index (Phi) is 6.96. The molecule has 32 heavy (non-hydrogen) atoms. The van der Waals surface area contributed by atoms with E-state index < -0.39 is 5.54 Å². The van der Waals surface area contributed by atoms with Gasteiger partial charge in [-0.2, -0.15) is 0 Å². The van der Waals surface area contributed by atoms with E-state index in [2.05, 4.69) is 10.3 Å². The summed E-state index contributed by atoms with van der Waals surface area (Å²) < 4.78 is 14.7. The number of hydrogen-bond donors (Lipinski definition) is 1. The molecule has 3 rings (SSSR count). The zero-order valence-corrected chi connectivity index (χ0v) is 19.0. The van der Waals surface area contributed by atoms with Crippen LogP contribution in [0.5, 0.6) is 0 Å². The van der Waals surface area contributed by atoms with E-state index in [9.17, 15) is 18.8 Å². The lowest BCUT2D eigenvalue weighted by molar-refractivity contribution is -0.133. The summed E-state index contributed by atoms with van der Waals surface area (Å²) in [6.45, 7) is 9.18. The quantitative estimate of drug-likeness (QED) is 0.679. The van der Waals surface area contributed by atoms with Gasteiger partial charge >= 0.3 is 0 Å². The number of aromatic nitrogens is 2. The van der Waals surface area contributed by atoms with Crippen LogP contribution in [0.3, 0.4) is 0 Å². The van der Waals surface area contributed by atoms with Crippen molar-refractivity contribution >= 4 is 17.7 Å². The van der Waals surface area contributed by atoms with Gasteiger partial charge in [-0.1, -0.05) is 19.1 Å². The normalized spacial score (nSPS) is 17.8. The zero-order chi connectivity index (χ0) is 23.5. The lowest BCUT2D eigenvalue weighted by Gasteiger charge is -2.43. The van der Waals surface area contributed by atoms with E-state index in [1.807, 2.05) is 20.8 Å². The fraction of sp³-hybridized carbons (Fsp3) is 0.478. The smallest absolute Gasteiger partial charge is 0.274 e. The number of nitrogens with one attached hydrogen (secondary N) is 1. The molecule has 0 fully saturated rings. The minimum atomic E-state index is -1.16. The summed E-state index contributed by atoms with van der Waals surface area (Å²) in [6, 6.07) is 5.88. The van der Waals surface area contributed by atoms with Crippen LogP contribution < -0.4 is 5.32 Å². The van der Waals surface area contributed by atoms with Crippen molar-refractivity contribution < 1.29 is 18.8 Å². The highest BCUT2D eigenvalue weighted by molar-refractivity contribution is 6.07. The number of amides is 3. The number of nitrogens with zero attached hydrogens (tertiary/aromatic N) is 4. The number of halogens is 1. The van der Waals surface area contributed by atoms with Gasteiger partial charge in [-0.05, 0) is 44.9 Å². The third-order valence-corrected chi connectivity index (χ3v) is 5.92. The van der Waals surface area contributed by atoms with Crippen molar-refractivity contribution in [3.8, 4) is 0 Å². The van der Waals surface area contributed by atoms with E-state index in [0.717, 1.165) is 5.56 Å². The van der Waals surface area contributed by atoms with Gasteiger partial charge in [-0.3, -0.25) is 14.4 Å². The van der Waals surface area contributed by atoms with E-state index >= 15 is 0 Å². The minimum Gasteiger partial charge on any atom is -0.350 e. The minimum absolute atomic E-state index is 0.119. The van der Waals surface area contributed by atoms with Crippen molar-refractivity contribution in [3.05, 3.63) is 53.4 Å². The lowest BCUT2D eigenvalue weighted by atomic mass is 9.93. The molecule has 0 saturated heterocycles. The third-order valence-electron chi connectivity index (χ3n) is 5.92. The zero-order valence-electron chi connectivity index (χ0n) is 19.0. The highest BCUT2D eigenvalue weighted by Gasteiger charge is 2.48. The Labute approximate surface area is 187 Å². The van der Waals surface area contributed by atoms with Gasteiger partial charge in [0.2, 0.25) is 5.91 Å². The summed E-state index contributed by atoms with van der Waals surface area (Å²) in [7, 11) is 0. The molecule has 1 aliphatic rings. The molecule has 0 radical (unpaired) electrons. The molecular weight excluding hydrogens is 413 g/mol. The van der Waals surface area contributed by atoms with E-state index in [1.165, 1.54) is 23.4 Å². The molecule has 2 heterocycles. The molecule has 9 heteroatoms. The standard InChI is InChI=1S/C23H30FN5O3/c1-5-12-29-21(31)19-18(20(30)27(6-2)7-3)26-15-28(19)14-23(29,4)22(32)25-13-16-8-10-17(24)11-9-16/h8-11,15H,5-7,12-14H2,1-4H3,(H,25,32). The van der Waals surface area contributed by atoms with Crippen molar-refractivity contribution in [2.45, 2.75) is 52.7 Å². The molecule has 8 nitrogen and oxygen atoms in total. The van der Waals surface area contributed by atoms with Gasteiger partial charge in [0.15, 0.2) is 5.69 Å². The highest BCUT2D eigenvalue weighted by atomic mass is 19.1. The van der Waals surface area contributed by atoms with Gasteiger partial charge in [0.1, 0.15) is 17.1 Å². The average molecular weight is 444 g/mol. The molecule has 0 aliphatic carbocycles. The second-order valence-corrected chi connectivity index (χ2v) is 8.09. The second kappa shape index (κ2) is 9.50. The van der Waals surface area contributed by atoms with E-state index in [0.29, 0.717) is 26.1 Å². The van der Waals surface area contributed by atoms with E-state index in [4.69, 9.17) is 0 Å². The van der Waals surface area contributed by atoms with Crippen LogP contribution >= 0.6 is 0 Å². The van der Waals surface area contributed by atoms with Gasteiger partial charge in [0.05, 0.1) is 12.9 Å². The van der Waals surface area contributed by atoms with Gasteiger partial charge in [0.25, 0.3) is 11.8 Å². The lowest BCUT2D eigenvalue weighted by Crippen LogP contribution is -2.64. The average Bonchev–Trinajstić information content (AvgIpc) is 3.20. The van der Waals surface area contributed by atoms with Crippen LogP contribution in [0.2, 0.25) is 0 Å².